The summed E-state index contributed by atoms with van der Waals surface area (Å²) in [5.74, 6) is 2.96. The summed E-state index contributed by atoms with van der Waals surface area (Å²) in [6.07, 6.45) is 3.80. The molecular formula is C23H32O5. The first-order valence-electron chi connectivity index (χ1n) is 9.67. The molecule has 2 rings (SSSR count). The summed E-state index contributed by atoms with van der Waals surface area (Å²) in [7, 11) is 6.57. The highest BCUT2D eigenvalue weighted by atomic mass is 16.5. The summed E-state index contributed by atoms with van der Waals surface area (Å²) in [4.78, 5) is 0. The molecule has 5 nitrogen and oxygen atoms in total. The van der Waals surface area contributed by atoms with Crippen LogP contribution in [0.5, 0.6) is 23.0 Å². The molecular weight excluding hydrogens is 356 g/mol. The zero-order chi connectivity index (χ0) is 20.5. The molecule has 5 heteroatoms. The van der Waals surface area contributed by atoms with Crippen LogP contribution in [0, 0.1) is 0 Å². The predicted octanol–water partition coefficient (Wildman–Crippen LogP) is 4.58. The second-order valence-electron chi connectivity index (χ2n) is 6.79. The first-order valence-corrected chi connectivity index (χ1v) is 9.67. The van der Waals surface area contributed by atoms with Crippen LogP contribution in [0.4, 0.5) is 0 Å². The Labute approximate surface area is 168 Å². The fourth-order valence-corrected chi connectivity index (χ4v) is 3.41. The fourth-order valence-electron chi connectivity index (χ4n) is 3.41. The van der Waals surface area contributed by atoms with E-state index < -0.39 is 0 Å². The molecule has 0 fully saturated rings. The van der Waals surface area contributed by atoms with Crippen LogP contribution in [-0.2, 0) is 6.42 Å². The van der Waals surface area contributed by atoms with Gasteiger partial charge in [0.1, 0.15) is 5.75 Å². The third-order valence-electron chi connectivity index (χ3n) is 5.10. The molecule has 0 saturated heterocycles. The topological polar surface area (TPSA) is 57.2 Å². The monoisotopic (exact) mass is 388 g/mol. The number of hydrogen-bond donors (Lipinski definition) is 1. The van der Waals surface area contributed by atoms with E-state index in [1.807, 2.05) is 18.2 Å². The van der Waals surface area contributed by atoms with E-state index in [2.05, 4.69) is 19.1 Å². The van der Waals surface area contributed by atoms with E-state index in [1.54, 1.807) is 28.4 Å². The van der Waals surface area contributed by atoms with Crippen LogP contribution in [0.2, 0.25) is 0 Å². The lowest BCUT2D eigenvalue weighted by Crippen LogP contribution is -2.02. The highest BCUT2D eigenvalue weighted by molar-refractivity contribution is 5.55. The van der Waals surface area contributed by atoms with Crippen LogP contribution >= 0.6 is 0 Å². The third kappa shape index (κ3) is 5.10. The van der Waals surface area contributed by atoms with E-state index in [4.69, 9.17) is 24.1 Å². The van der Waals surface area contributed by atoms with E-state index in [0.717, 1.165) is 37.0 Å². The molecule has 2 aromatic carbocycles. The smallest absolute Gasteiger partial charge is 0.203 e. The van der Waals surface area contributed by atoms with Gasteiger partial charge in [0, 0.05) is 12.5 Å². The van der Waals surface area contributed by atoms with Crippen molar-refractivity contribution < 1.29 is 24.1 Å². The van der Waals surface area contributed by atoms with Gasteiger partial charge in [-0.1, -0.05) is 25.5 Å². The Morgan fingerprint density at radius 3 is 1.93 bits per heavy atom. The molecule has 0 saturated carbocycles. The Kier molecular flexibility index (Phi) is 8.45. The SMILES string of the molecule is COc1ccc(C(C)c2cc(OC)c(OC)c(OC)c2)cc1CCCCCO. The van der Waals surface area contributed by atoms with Crippen molar-refractivity contribution in [3.05, 3.63) is 47.0 Å². The third-order valence-corrected chi connectivity index (χ3v) is 5.10. The van der Waals surface area contributed by atoms with Crippen LogP contribution in [0.3, 0.4) is 0 Å². The summed E-state index contributed by atoms with van der Waals surface area (Å²) in [5.41, 5.74) is 3.48. The summed E-state index contributed by atoms with van der Waals surface area (Å²) in [6.45, 7) is 2.41. The second-order valence-corrected chi connectivity index (χ2v) is 6.79. The number of aliphatic hydroxyl groups excluding tert-OH is 1. The quantitative estimate of drug-likeness (QED) is 0.571. The van der Waals surface area contributed by atoms with Crippen LogP contribution in [0.25, 0.3) is 0 Å². The van der Waals surface area contributed by atoms with E-state index in [-0.39, 0.29) is 12.5 Å². The van der Waals surface area contributed by atoms with Gasteiger partial charge in [0.05, 0.1) is 28.4 Å². The van der Waals surface area contributed by atoms with Crippen LogP contribution < -0.4 is 18.9 Å². The van der Waals surface area contributed by atoms with Gasteiger partial charge in [0.2, 0.25) is 5.75 Å². The Morgan fingerprint density at radius 1 is 0.750 bits per heavy atom. The Morgan fingerprint density at radius 2 is 1.39 bits per heavy atom. The van der Waals surface area contributed by atoms with Gasteiger partial charge in [-0.05, 0) is 54.2 Å². The van der Waals surface area contributed by atoms with E-state index >= 15 is 0 Å². The molecule has 0 heterocycles. The average molecular weight is 389 g/mol. The molecule has 154 valence electrons. The maximum Gasteiger partial charge on any atom is 0.203 e. The van der Waals surface area contributed by atoms with Gasteiger partial charge in [-0.15, -0.1) is 0 Å². The van der Waals surface area contributed by atoms with Gasteiger partial charge < -0.3 is 24.1 Å². The van der Waals surface area contributed by atoms with Gasteiger partial charge >= 0.3 is 0 Å². The van der Waals surface area contributed by atoms with E-state index in [9.17, 15) is 0 Å². The molecule has 0 bridgehead atoms. The molecule has 0 spiro atoms. The van der Waals surface area contributed by atoms with E-state index in [0.29, 0.717) is 17.2 Å². The fraction of sp³-hybridized carbons (Fsp3) is 0.478. The Bertz CT molecular complexity index is 732. The zero-order valence-electron chi connectivity index (χ0n) is 17.6. The van der Waals surface area contributed by atoms with Crippen molar-refractivity contribution in [2.45, 2.75) is 38.5 Å². The standard InChI is InChI=1S/C23H32O5/c1-16(19-14-21(26-3)23(28-5)22(15-19)27-4)17-10-11-20(25-2)18(13-17)9-7-6-8-12-24/h10-11,13-16,24H,6-9,12H2,1-5H3. The Hall–Kier alpha value is -2.40. The molecule has 0 aliphatic carbocycles. The van der Waals surface area contributed by atoms with Crippen molar-refractivity contribution in [3.8, 4) is 23.0 Å². The average Bonchev–Trinajstić information content (AvgIpc) is 2.74. The van der Waals surface area contributed by atoms with Crippen molar-refractivity contribution in [3.63, 3.8) is 0 Å². The number of methoxy groups -OCH3 is 4. The lowest BCUT2D eigenvalue weighted by molar-refractivity contribution is 0.283. The molecule has 0 amide bonds. The largest absolute Gasteiger partial charge is 0.496 e. The van der Waals surface area contributed by atoms with Crippen molar-refractivity contribution in [2.75, 3.05) is 35.0 Å². The molecule has 28 heavy (non-hydrogen) atoms. The van der Waals surface area contributed by atoms with Gasteiger partial charge in [0.15, 0.2) is 11.5 Å². The van der Waals surface area contributed by atoms with Gasteiger partial charge in [-0.25, -0.2) is 0 Å². The Balaban J connectivity index is 2.34. The summed E-state index contributed by atoms with van der Waals surface area (Å²) in [5, 5.41) is 8.98. The first kappa shape index (κ1) is 21.9. The molecule has 0 aliphatic heterocycles. The highest BCUT2D eigenvalue weighted by Gasteiger charge is 2.18. The lowest BCUT2D eigenvalue weighted by Gasteiger charge is -2.19. The summed E-state index contributed by atoms with van der Waals surface area (Å²) in [6, 6.07) is 10.3. The van der Waals surface area contributed by atoms with Gasteiger partial charge in [-0.3, -0.25) is 0 Å². The van der Waals surface area contributed by atoms with Crippen LogP contribution in [0.15, 0.2) is 30.3 Å². The van der Waals surface area contributed by atoms with Crippen LogP contribution in [0.1, 0.15) is 48.8 Å². The van der Waals surface area contributed by atoms with Crippen molar-refractivity contribution in [1.29, 1.82) is 0 Å². The number of benzene rings is 2. The number of hydrogen-bond acceptors (Lipinski definition) is 5. The zero-order valence-corrected chi connectivity index (χ0v) is 17.6. The molecule has 1 atom stereocenters. The minimum Gasteiger partial charge on any atom is -0.496 e. The molecule has 1 N–H and O–H groups in total. The summed E-state index contributed by atoms with van der Waals surface area (Å²) < 4.78 is 22.0. The predicted molar refractivity (Wildman–Crippen MR) is 111 cm³/mol. The minimum atomic E-state index is 0.149. The second kappa shape index (κ2) is 10.8. The number of aliphatic hydroxyl groups is 1. The molecule has 0 radical (unpaired) electrons. The van der Waals surface area contributed by atoms with Crippen molar-refractivity contribution >= 4 is 0 Å². The highest BCUT2D eigenvalue weighted by Crippen LogP contribution is 2.41. The van der Waals surface area contributed by atoms with Gasteiger partial charge in [0.25, 0.3) is 0 Å². The number of unbranched alkanes of at least 4 members (excludes halogenated alkanes) is 2. The first-order chi connectivity index (χ1) is 13.6. The number of aryl methyl sites for hydroxylation is 1. The normalized spacial score (nSPS) is 11.8. The molecule has 0 aromatic heterocycles. The van der Waals surface area contributed by atoms with Crippen molar-refractivity contribution in [2.24, 2.45) is 0 Å². The van der Waals surface area contributed by atoms with Gasteiger partial charge in [-0.2, -0.15) is 0 Å². The maximum absolute atomic E-state index is 8.98. The molecule has 0 aliphatic rings. The van der Waals surface area contributed by atoms with E-state index in [1.165, 1.54) is 11.1 Å². The number of ether oxygens (including phenoxy) is 4. The molecule has 1 unspecified atom stereocenters. The minimum absolute atomic E-state index is 0.149. The molecule has 2 aromatic rings. The van der Waals surface area contributed by atoms with Crippen molar-refractivity contribution in [1.82, 2.24) is 0 Å². The lowest BCUT2D eigenvalue weighted by atomic mass is 9.90. The van der Waals surface area contributed by atoms with Crippen LogP contribution in [-0.4, -0.2) is 40.2 Å². The number of rotatable bonds is 11. The summed E-state index contributed by atoms with van der Waals surface area (Å²) >= 11 is 0. The maximum atomic E-state index is 8.98.